The highest BCUT2D eigenvalue weighted by atomic mass is 16.5. The van der Waals surface area contributed by atoms with Crippen molar-refractivity contribution in [2.75, 3.05) is 27.9 Å². The predicted molar refractivity (Wildman–Crippen MR) is 101 cm³/mol. The lowest BCUT2D eigenvalue weighted by atomic mass is 10.1. The summed E-state index contributed by atoms with van der Waals surface area (Å²) in [6, 6.07) is 10.7. The van der Waals surface area contributed by atoms with Crippen LogP contribution in [0.25, 0.3) is 0 Å². The number of methoxy groups -OCH3 is 3. The molecule has 0 atom stereocenters. The topological polar surface area (TPSA) is 71.1 Å². The zero-order valence-electron chi connectivity index (χ0n) is 16.0. The molecule has 0 spiro atoms. The van der Waals surface area contributed by atoms with Crippen LogP contribution in [-0.2, 0) is 16.0 Å². The van der Waals surface area contributed by atoms with E-state index in [9.17, 15) is 9.59 Å². The van der Waals surface area contributed by atoms with E-state index in [-0.39, 0.29) is 18.8 Å². The van der Waals surface area contributed by atoms with Crippen molar-refractivity contribution in [1.29, 1.82) is 0 Å². The van der Waals surface area contributed by atoms with Gasteiger partial charge in [0.05, 0.1) is 21.3 Å². The molecule has 0 aromatic heterocycles. The average Bonchev–Trinajstić information content (AvgIpc) is 2.69. The maximum Gasteiger partial charge on any atom is 0.306 e. The van der Waals surface area contributed by atoms with Gasteiger partial charge in [-0.3, -0.25) is 9.59 Å². The maximum absolute atomic E-state index is 12.0. The molecule has 6 nitrogen and oxygen atoms in total. The van der Waals surface area contributed by atoms with E-state index in [4.69, 9.17) is 18.9 Å². The molecule has 0 saturated carbocycles. The third-order valence-electron chi connectivity index (χ3n) is 4.08. The first-order valence-electron chi connectivity index (χ1n) is 8.52. The van der Waals surface area contributed by atoms with Gasteiger partial charge in [-0.15, -0.1) is 0 Å². The van der Waals surface area contributed by atoms with Crippen molar-refractivity contribution in [2.45, 2.75) is 19.8 Å². The molecule has 2 aromatic carbocycles. The summed E-state index contributed by atoms with van der Waals surface area (Å²) < 4.78 is 21.0. The van der Waals surface area contributed by atoms with Crippen LogP contribution in [0.5, 0.6) is 17.2 Å². The van der Waals surface area contributed by atoms with Gasteiger partial charge in [0.15, 0.2) is 23.9 Å². The molecule has 0 aliphatic heterocycles. The fraction of sp³-hybridized carbons (Fsp3) is 0.333. The van der Waals surface area contributed by atoms with Gasteiger partial charge in [-0.2, -0.15) is 0 Å². The van der Waals surface area contributed by atoms with Crippen molar-refractivity contribution in [1.82, 2.24) is 0 Å². The van der Waals surface area contributed by atoms with Crippen LogP contribution < -0.4 is 14.2 Å². The molecule has 0 bridgehead atoms. The fourth-order valence-corrected chi connectivity index (χ4v) is 2.57. The van der Waals surface area contributed by atoms with E-state index in [0.29, 0.717) is 29.2 Å². The molecule has 27 heavy (non-hydrogen) atoms. The van der Waals surface area contributed by atoms with Crippen molar-refractivity contribution in [3.8, 4) is 17.2 Å². The molecule has 6 heteroatoms. The van der Waals surface area contributed by atoms with E-state index < -0.39 is 5.97 Å². The maximum atomic E-state index is 12.0. The van der Waals surface area contributed by atoms with E-state index in [1.165, 1.54) is 21.3 Å². The average molecular weight is 372 g/mol. The van der Waals surface area contributed by atoms with Crippen LogP contribution >= 0.6 is 0 Å². The first-order valence-corrected chi connectivity index (χ1v) is 8.52. The molecule has 144 valence electrons. The number of esters is 1. The number of aryl methyl sites for hydroxylation is 2. The normalized spacial score (nSPS) is 10.2. The van der Waals surface area contributed by atoms with Gasteiger partial charge >= 0.3 is 5.97 Å². The summed E-state index contributed by atoms with van der Waals surface area (Å²) in [7, 11) is 4.60. The van der Waals surface area contributed by atoms with Crippen LogP contribution in [0.2, 0.25) is 0 Å². The number of carbonyl (C=O) groups excluding carboxylic acids is 2. The molecule has 0 unspecified atom stereocenters. The minimum absolute atomic E-state index is 0.139. The number of carbonyl (C=O) groups is 2. The molecule has 2 aromatic rings. The summed E-state index contributed by atoms with van der Waals surface area (Å²) in [4.78, 5) is 24.0. The number of benzene rings is 2. The monoisotopic (exact) mass is 372 g/mol. The molecule has 0 radical (unpaired) electrons. The predicted octanol–water partition coefficient (Wildman–Crippen LogP) is 3.38. The van der Waals surface area contributed by atoms with Gasteiger partial charge in [0, 0.05) is 12.0 Å². The van der Waals surface area contributed by atoms with Crippen LogP contribution in [0.15, 0.2) is 36.4 Å². The second-order valence-corrected chi connectivity index (χ2v) is 5.98. The molecular formula is C21H24O6. The Labute approximate surface area is 159 Å². The molecule has 0 amide bonds. The molecule has 0 fully saturated rings. The standard InChI is InChI=1S/C21H24O6/c1-14-5-8-16(9-6-14)17(22)13-27-20(23)10-7-15-11-18(24-2)21(26-4)19(12-15)25-3/h5-6,8-9,11-12H,7,10,13H2,1-4H3. The first kappa shape index (κ1) is 20.3. The third kappa shape index (κ3) is 5.48. The quantitative estimate of drug-likeness (QED) is 0.496. The van der Waals surface area contributed by atoms with Gasteiger partial charge in [-0.05, 0) is 31.0 Å². The molecule has 0 heterocycles. The van der Waals surface area contributed by atoms with Gasteiger partial charge in [0.25, 0.3) is 0 Å². The molecule has 0 saturated heterocycles. The smallest absolute Gasteiger partial charge is 0.306 e. The Bertz CT molecular complexity index is 770. The van der Waals surface area contributed by atoms with Gasteiger partial charge in [0.2, 0.25) is 5.75 Å². The number of Topliss-reactive ketones (excluding diaryl/α,β-unsaturated/α-hetero) is 1. The van der Waals surface area contributed by atoms with Crippen LogP contribution in [-0.4, -0.2) is 39.7 Å². The van der Waals surface area contributed by atoms with Crippen LogP contribution in [0.3, 0.4) is 0 Å². The van der Waals surface area contributed by atoms with Crippen molar-refractivity contribution in [3.63, 3.8) is 0 Å². The minimum atomic E-state index is -0.441. The van der Waals surface area contributed by atoms with E-state index in [1.807, 2.05) is 19.1 Å². The number of rotatable bonds is 9. The highest BCUT2D eigenvalue weighted by molar-refractivity contribution is 5.97. The molecule has 0 N–H and O–H groups in total. The summed E-state index contributed by atoms with van der Waals surface area (Å²) in [6.07, 6.45) is 0.564. The first-order chi connectivity index (χ1) is 13.0. The largest absolute Gasteiger partial charge is 0.493 e. The lowest BCUT2D eigenvalue weighted by molar-refractivity contribution is -0.142. The van der Waals surface area contributed by atoms with Crippen LogP contribution in [0.1, 0.15) is 27.9 Å². The van der Waals surface area contributed by atoms with E-state index in [2.05, 4.69) is 0 Å². The Hall–Kier alpha value is -3.02. The summed E-state index contributed by atoms with van der Waals surface area (Å²) in [6.45, 7) is 1.68. The molecule has 0 aliphatic carbocycles. The second kappa shape index (κ2) is 9.62. The third-order valence-corrected chi connectivity index (χ3v) is 4.08. The molecular weight excluding hydrogens is 348 g/mol. The number of ketones is 1. The SMILES string of the molecule is COc1cc(CCC(=O)OCC(=O)c2ccc(C)cc2)cc(OC)c1OC. The summed E-state index contributed by atoms with van der Waals surface area (Å²) in [5, 5.41) is 0. The second-order valence-electron chi connectivity index (χ2n) is 5.98. The minimum Gasteiger partial charge on any atom is -0.493 e. The van der Waals surface area contributed by atoms with Gasteiger partial charge in [-0.25, -0.2) is 0 Å². The van der Waals surface area contributed by atoms with E-state index in [1.54, 1.807) is 24.3 Å². The lowest BCUT2D eigenvalue weighted by Gasteiger charge is -2.14. The zero-order valence-corrected chi connectivity index (χ0v) is 16.0. The van der Waals surface area contributed by atoms with Crippen molar-refractivity contribution < 1.29 is 28.5 Å². The van der Waals surface area contributed by atoms with Gasteiger partial charge in [-0.1, -0.05) is 29.8 Å². The van der Waals surface area contributed by atoms with Crippen molar-refractivity contribution in [2.24, 2.45) is 0 Å². The van der Waals surface area contributed by atoms with Gasteiger partial charge < -0.3 is 18.9 Å². The number of hydrogen-bond acceptors (Lipinski definition) is 6. The van der Waals surface area contributed by atoms with Gasteiger partial charge in [0.1, 0.15) is 0 Å². The number of hydrogen-bond donors (Lipinski definition) is 0. The van der Waals surface area contributed by atoms with Crippen LogP contribution in [0.4, 0.5) is 0 Å². The fourth-order valence-electron chi connectivity index (χ4n) is 2.57. The summed E-state index contributed by atoms with van der Waals surface area (Å²) >= 11 is 0. The Morgan fingerprint density at radius 1 is 0.889 bits per heavy atom. The Kier molecular flexibility index (Phi) is 7.23. The Morgan fingerprint density at radius 3 is 2.00 bits per heavy atom. The lowest BCUT2D eigenvalue weighted by Crippen LogP contribution is -2.14. The van der Waals surface area contributed by atoms with E-state index in [0.717, 1.165) is 11.1 Å². The Morgan fingerprint density at radius 2 is 1.48 bits per heavy atom. The van der Waals surface area contributed by atoms with Crippen molar-refractivity contribution in [3.05, 3.63) is 53.1 Å². The zero-order chi connectivity index (χ0) is 19.8. The highest BCUT2D eigenvalue weighted by Crippen LogP contribution is 2.38. The van der Waals surface area contributed by atoms with Crippen molar-refractivity contribution >= 4 is 11.8 Å². The summed E-state index contributed by atoms with van der Waals surface area (Å²) in [5.74, 6) is 0.875. The Balaban J connectivity index is 1.91. The van der Waals surface area contributed by atoms with E-state index >= 15 is 0 Å². The summed E-state index contributed by atoms with van der Waals surface area (Å²) in [5.41, 5.74) is 2.43. The van der Waals surface area contributed by atoms with Crippen LogP contribution in [0, 0.1) is 6.92 Å². The number of ether oxygens (including phenoxy) is 4. The highest BCUT2D eigenvalue weighted by Gasteiger charge is 2.15. The molecule has 2 rings (SSSR count). The molecule has 0 aliphatic rings.